The Kier molecular flexibility index (Phi) is 4.08. The third-order valence-corrected chi connectivity index (χ3v) is 3.10. The van der Waals surface area contributed by atoms with Gasteiger partial charge in [-0.3, -0.25) is 9.59 Å². The zero-order valence-electron chi connectivity index (χ0n) is 11.3. The summed E-state index contributed by atoms with van der Waals surface area (Å²) in [6, 6.07) is 7.13. The fraction of sp³-hybridized carbons (Fsp3) is 0.333. The lowest BCUT2D eigenvalue weighted by Gasteiger charge is -2.20. The Morgan fingerprint density at radius 3 is 2.80 bits per heavy atom. The highest BCUT2D eigenvalue weighted by Gasteiger charge is 2.36. The van der Waals surface area contributed by atoms with Crippen LogP contribution in [0.5, 0.6) is 5.75 Å². The van der Waals surface area contributed by atoms with E-state index in [9.17, 15) is 9.59 Å². The van der Waals surface area contributed by atoms with Crippen LogP contribution in [-0.4, -0.2) is 30.1 Å². The van der Waals surface area contributed by atoms with Gasteiger partial charge in [-0.15, -0.1) is 0 Å². The maximum atomic E-state index is 12.0. The van der Waals surface area contributed by atoms with Gasteiger partial charge in [0.15, 0.2) is 0 Å². The number of anilines is 1. The number of carboxylic acid groups (broad SMARTS) is 1. The number of carbonyl (C=O) groups is 2. The molecule has 2 rings (SSSR count). The summed E-state index contributed by atoms with van der Waals surface area (Å²) in [4.78, 5) is 24.5. The van der Waals surface area contributed by atoms with Crippen LogP contribution in [0.25, 0.3) is 0 Å². The van der Waals surface area contributed by atoms with Crippen LogP contribution in [0, 0.1) is 5.92 Å². The van der Waals surface area contributed by atoms with E-state index in [1.165, 1.54) is 4.90 Å². The van der Waals surface area contributed by atoms with Crippen molar-refractivity contribution in [1.29, 1.82) is 0 Å². The number of aliphatic carboxylic acids is 1. The molecule has 5 nitrogen and oxygen atoms in total. The Morgan fingerprint density at radius 2 is 2.20 bits per heavy atom. The van der Waals surface area contributed by atoms with Crippen molar-refractivity contribution in [2.24, 2.45) is 5.92 Å². The minimum Gasteiger partial charge on any atom is -0.487 e. The predicted octanol–water partition coefficient (Wildman–Crippen LogP) is 2.08. The predicted molar refractivity (Wildman–Crippen MR) is 74.8 cm³/mol. The highest BCUT2D eigenvalue weighted by atomic mass is 16.5. The van der Waals surface area contributed by atoms with Gasteiger partial charge in [0.05, 0.1) is 11.6 Å². The molecule has 5 heteroatoms. The van der Waals surface area contributed by atoms with Gasteiger partial charge in [-0.2, -0.15) is 0 Å². The van der Waals surface area contributed by atoms with E-state index in [4.69, 9.17) is 9.84 Å². The average molecular weight is 275 g/mol. The number of carboxylic acids is 1. The molecule has 1 heterocycles. The van der Waals surface area contributed by atoms with Crippen molar-refractivity contribution in [3.63, 3.8) is 0 Å². The molecule has 0 saturated carbocycles. The van der Waals surface area contributed by atoms with Crippen LogP contribution in [0.2, 0.25) is 0 Å². The van der Waals surface area contributed by atoms with E-state index < -0.39 is 11.9 Å². The summed E-state index contributed by atoms with van der Waals surface area (Å²) in [7, 11) is 0. The zero-order valence-corrected chi connectivity index (χ0v) is 11.3. The molecule has 0 aliphatic carbocycles. The summed E-state index contributed by atoms with van der Waals surface area (Å²) in [5, 5.41) is 9.02. The highest BCUT2D eigenvalue weighted by Crippen LogP contribution is 2.33. The Labute approximate surface area is 117 Å². The highest BCUT2D eigenvalue weighted by molar-refractivity contribution is 6.00. The largest absolute Gasteiger partial charge is 0.487 e. The lowest BCUT2D eigenvalue weighted by Crippen LogP contribution is -2.26. The molecule has 1 atom stereocenters. The summed E-state index contributed by atoms with van der Waals surface area (Å²) >= 11 is 0. The molecule has 1 fully saturated rings. The van der Waals surface area contributed by atoms with Crippen LogP contribution in [0.4, 0.5) is 5.69 Å². The molecule has 1 aliphatic rings. The fourth-order valence-electron chi connectivity index (χ4n) is 2.11. The number of carbonyl (C=O) groups excluding carboxylic acids is 1. The van der Waals surface area contributed by atoms with Crippen LogP contribution < -0.4 is 9.64 Å². The molecule has 1 amide bonds. The average Bonchev–Trinajstić information content (AvgIpc) is 2.79. The minimum atomic E-state index is -0.943. The second kappa shape index (κ2) is 5.77. The Morgan fingerprint density at radius 1 is 1.50 bits per heavy atom. The number of para-hydroxylation sites is 2. The first kappa shape index (κ1) is 14.1. The van der Waals surface area contributed by atoms with Crippen LogP contribution in [0.1, 0.15) is 13.3 Å². The van der Waals surface area contributed by atoms with E-state index >= 15 is 0 Å². The molecule has 106 valence electrons. The summed E-state index contributed by atoms with van der Waals surface area (Å²) in [5.41, 5.74) is 1.48. The van der Waals surface area contributed by atoms with Crippen molar-refractivity contribution < 1.29 is 19.4 Å². The summed E-state index contributed by atoms with van der Waals surface area (Å²) < 4.78 is 5.61. The second-order valence-electron chi connectivity index (χ2n) is 4.96. The van der Waals surface area contributed by atoms with E-state index in [0.717, 1.165) is 5.57 Å². The van der Waals surface area contributed by atoms with Crippen molar-refractivity contribution in [1.82, 2.24) is 0 Å². The molecule has 0 aromatic heterocycles. The Bertz CT molecular complexity index is 553. The molecule has 0 radical (unpaired) electrons. The second-order valence-corrected chi connectivity index (χ2v) is 4.96. The van der Waals surface area contributed by atoms with Crippen molar-refractivity contribution in [2.75, 3.05) is 18.1 Å². The lowest BCUT2D eigenvalue weighted by atomic mass is 10.1. The van der Waals surface area contributed by atoms with Gasteiger partial charge in [-0.05, 0) is 24.6 Å². The van der Waals surface area contributed by atoms with Crippen LogP contribution in [0.3, 0.4) is 0 Å². The Balaban J connectivity index is 2.22. The minimum absolute atomic E-state index is 0.0319. The van der Waals surface area contributed by atoms with Crippen molar-refractivity contribution >= 4 is 17.6 Å². The third kappa shape index (κ3) is 2.99. The maximum Gasteiger partial charge on any atom is 0.308 e. The van der Waals surface area contributed by atoms with E-state index in [2.05, 4.69) is 6.58 Å². The molecular formula is C15H17NO4. The van der Waals surface area contributed by atoms with E-state index in [1.54, 1.807) is 18.2 Å². The monoisotopic (exact) mass is 275 g/mol. The standard InChI is InChI=1S/C15H17NO4/c1-10(2)9-20-13-6-4-3-5-12(13)16-8-11(15(18)19)7-14(16)17/h3-6,11H,1,7-9H2,2H3,(H,18,19). The van der Waals surface area contributed by atoms with Crippen molar-refractivity contribution in [3.05, 3.63) is 36.4 Å². The number of hydrogen-bond donors (Lipinski definition) is 1. The first-order chi connectivity index (χ1) is 9.49. The fourth-order valence-corrected chi connectivity index (χ4v) is 2.11. The number of nitrogens with zero attached hydrogens (tertiary/aromatic N) is 1. The van der Waals surface area contributed by atoms with Gasteiger partial charge in [-0.25, -0.2) is 0 Å². The number of hydrogen-bond acceptors (Lipinski definition) is 3. The van der Waals surface area contributed by atoms with Gasteiger partial charge >= 0.3 is 5.97 Å². The number of rotatable bonds is 5. The molecule has 1 N–H and O–H groups in total. The quantitative estimate of drug-likeness (QED) is 0.835. The normalized spacial score (nSPS) is 18.1. The molecule has 1 aromatic rings. The summed E-state index contributed by atoms with van der Waals surface area (Å²) in [5.74, 6) is -1.23. The van der Waals surface area contributed by atoms with Crippen LogP contribution in [-0.2, 0) is 9.59 Å². The topological polar surface area (TPSA) is 66.8 Å². The molecule has 1 aromatic carbocycles. The number of amides is 1. The van der Waals surface area contributed by atoms with Gasteiger partial charge in [0.2, 0.25) is 5.91 Å². The molecule has 20 heavy (non-hydrogen) atoms. The van der Waals surface area contributed by atoms with Gasteiger partial charge in [0.25, 0.3) is 0 Å². The smallest absolute Gasteiger partial charge is 0.308 e. The SMILES string of the molecule is C=C(C)COc1ccccc1N1CC(C(=O)O)CC1=O. The summed E-state index contributed by atoms with van der Waals surface area (Å²) in [6.07, 6.45) is 0.0319. The van der Waals surface area contributed by atoms with E-state index in [1.807, 2.05) is 13.0 Å². The first-order valence-corrected chi connectivity index (χ1v) is 6.38. The van der Waals surface area contributed by atoms with Crippen LogP contribution >= 0.6 is 0 Å². The molecule has 0 spiro atoms. The zero-order chi connectivity index (χ0) is 14.7. The van der Waals surface area contributed by atoms with Crippen molar-refractivity contribution in [3.8, 4) is 5.75 Å². The van der Waals surface area contributed by atoms with E-state index in [0.29, 0.717) is 18.0 Å². The van der Waals surface area contributed by atoms with Gasteiger partial charge in [-0.1, -0.05) is 18.7 Å². The molecule has 1 saturated heterocycles. The Hall–Kier alpha value is -2.30. The lowest BCUT2D eigenvalue weighted by molar-refractivity contribution is -0.141. The van der Waals surface area contributed by atoms with Crippen LogP contribution in [0.15, 0.2) is 36.4 Å². The first-order valence-electron chi connectivity index (χ1n) is 6.38. The van der Waals surface area contributed by atoms with Gasteiger partial charge < -0.3 is 14.7 Å². The van der Waals surface area contributed by atoms with E-state index in [-0.39, 0.29) is 18.9 Å². The third-order valence-electron chi connectivity index (χ3n) is 3.10. The molecule has 1 aliphatic heterocycles. The van der Waals surface area contributed by atoms with Crippen molar-refractivity contribution in [2.45, 2.75) is 13.3 Å². The molecular weight excluding hydrogens is 258 g/mol. The van der Waals surface area contributed by atoms with Gasteiger partial charge in [0, 0.05) is 13.0 Å². The number of benzene rings is 1. The molecule has 1 unspecified atom stereocenters. The molecule has 0 bridgehead atoms. The summed E-state index contributed by atoms with van der Waals surface area (Å²) in [6.45, 7) is 6.16. The maximum absolute atomic E-state index is 12.0. The number of ether oxygens (including phenoxy) is 1. The van der Waals surface area contributed by atoms with Gasteiger partial charge in [0.1, 0.15) is 12.4 Å².